The summed E-state index contributed by atoms with van der Waals surface area (Å²) in [7, 11) is 6.26. The van der Waals surface area contributed by atoms with Crippen LogP contribution in [0.2, 0.25) is 0 Å². The number of nitrogens with one attached hydrogen (secondary N) is 1. The van der Waals surface area contributed by atoms with Crippen molar-refractivity contribution in [1.29, 1.82) is 0 Å². The van der Waals surface area contributed by atoms with Gasteiger partial charge in [-0.3, -0.25) is 4.79 Å². The lowest BCUT2D eigenvalue weighted by Crippen LogP contribution is -2.19. The zero-order valence-corrected chi connectivity index (χ0v) is 20.5. The van der Waals surface area contributed by atoms with Crippen LogP contribution < -0.4 is 24.3 Å². The first-order valence-corrected chi connectivity index (χ1v) is 11.0. The molecule has 0 saturated heterocycles. The highest BCUT2D eigenvalue weighted by Gasteiger charge is 2.23. The molecule has 0 saturated carbocycles. The molecule has 4 aromatic rings. The molecule has 4 rings (SSSR count). The molecule has 0 aliphatic carbocycles. The first-order chi connectivity index (χ1) is 16.9. The van der Waals surface area contributed by atoms with Crippen LogP contribution in [-0.4, -0.2) is 54.2 Å². The Balaban J connectivity index is 1.77. The van der Waals surface area contributed by atoms with E-state index in [4.69, 9.17) is 24.0 Å². The molecule has 2 aromatic carbocycles. The van der Waals surface area contributed by atoms with Gasteiger partial charge in [0.25, 0.3) is 5.91 Å². The minimum absolute atomic E-state index is 0.145. The molecule has 35 heavy (non-hydrogen) atoms. The van der Waals surface area contributed by atoms with Gasteiger partial charge in [0.15, 0.2) is 22.8 Å². The first kappa shape index (κ1) is 23.8. The Labute approximate surface area is 202 Å². The number of carbonyl (C=O) groups is 1. The van der Waals surface area contributed by atoms with Gasteiger partial charge in [0.2, 0.25) is 0 Å². The van der Waals surface area contributed by atoms with Crippen LogP contribution in [0, 0.1) is 6.92 Å². The number of fused-ring (bicyclic) bond motifs is 1. The molecule has 0 radical (unpaired) electrons. The normalized spacial score (nSPS) is 10.8. The van der Waals surface area contributed by atoms with Gasteiger partial charge < -0.3 is 24.3 Å². The molecule has 0 aliphatic rings. The average Bonchev–Trinajstić information content (AvgIpc) is 3.27. The molecule has 0 spiro atoms. The molecule has 0 atom stereocenters. The summed E-state index contributed by atoms with van der Waals surface area (Å²) >= 11 is 0. The minimum atomic E-state index is -0.440. The molecule has 0 aliphatic heterocycles. The maximum Gasteiger partial charge on any atom is 0.278 e. The smallest absolute Gasteiger partial charge is 0.278 e. The quantitative estimate of drug-likeness (QED) is 0.406. The van der Waals surface area contributed by atoms with Crippen LogP contribution in [-0.2, 0) is 6.42 Å². The summed E-state index contributed by atoms with van der Waals surface area (Å²) in [6.07, 6.45) is 0.662. The van der Waals surface area contributed by atoms with Crippen molar-refractivity contribution in [2.24, 2.45) is 0 Å². The lowest BCUT2D eigenvalue weighted by Gasteiger charge is -2.12. The second kappa shape index (κ2) is 9.88. The number of carbonyl (C=O) groups excluding carboxylic acids is 1. The molecular formula is C25H27N5O5. The van der Waals surface area contributed by atoms with Crippen molar-refractivity contribution >= 4 is 17.2 Å². The maximum absolute atomic E-state index is 13.2. The monoisotopic (exact) mass is 477 g/mol. The second-order valence-corrected chi connectivity index (χ2v) is 7.63. The standard InChI is InChI=1S/C25H27N5O5/c1-7-17-22(15-8-10-20(34-5)21(12-15)35-6)24-28-27-23(14(2)30(24)29-17)25(31)26-18-13-16(32-3)9-11-19(18)33-4/h8-13H,7H2,1-6H3,(H,26,31). The highest BCUT2D eigenvalue weighted by atomic mass is 16.5. The zero-order chi connectivity index (χ0) is 25.1. The van der Waals surface area contributed by atoms with Crippen LogP contribution in [0.1, 0.15) is 28.8 Å². The number of methoxy groups -OCH3 is 4. The number of ether oxygens (including phenoxy) is 4. The fraction of sp³-hybridized carbons (Fsp3) is 0.280. The Kier molecular flexibility index (Phi) is 6.72. The van der Waals surface area contributed by atoms with Crippen molar-refractivity contribution in [3.63, 3.8) is 0 Å². The van der Waals surface area contributed by atoms with Crippen molar-refractivity contribution < 1.29 is 23.7 Å². The van der Waals surface area contributed by atoms with Crippen LogP contribution in [0.5, 0.6) is 23.0 Å². The van der Waals surface area contributed by atoms with Crippen LogP contribution in [0.3, 0.4) is 0 Å². The van der Waals surface area contributed by atoms with E-state index in [0.717, 1.165) is 16.8 Å². The Morgan fingerprint density at radius 3 is 2.29 bits per heavy atom. The molecule has 2 heterocycles. The average molecular weight is 478 g/mol. The summed E-state index contributed by atoms with van der Waals surface area (Å²) < 4.78 is 23.1. The van der Waals surface area contributed by atoms with Gasteiger partial charge in [-0.05, 0) is 43.2 Å². The molecular weight excluding hydrogens is 450 g/mol. The highest BCUT2D eigenvalue weighted by molar-refractivity contribution is 6.04. The van der Waals surface area contributed by atoms with E-state index in [-0.39, 0.29) is 5.69 Å². The van der Waals surface area contributed by atoms with Crippen LogP contribution >= 0.6 is 0 Å². The summed E-state index contributed by atoms with van der Waals surface area (Å²) in [5.74, 6) is 1.86. The number of rotatable bonds is 8. The number of hydrogen-bond acceptors (Lipinski definition) is 8. The van der Waals surface area contributed by atoms with Gasteiger partial charge in [0.1, 0.15) is 11.5 Å². The number of aromatic nitrogens is 4. The van der Waals surface area contributed by atoms with E-state index in [0.29, 0.717) is 46.4 Å². The summed E-state index contributed by atoms with van der Waals surface area (Å²) in [4.78, 5) is 13.2. The number of hydrogen-bond donors (Lipinski definition) is 1. The molecule has 182 valence electrons. The molecule has 0 bridgehead atoms. The molecule has 0 fully saturated rings. The molecule has 2 aromatic heterocycles. The molecule has 1 amide bonds. The van der Waals surface area contributed by atoms with Gasteiger partial charge in [0.05, 0.1) is 51.1 Å². The van der Waals surface area contributed by atoms with Crippen molar-refractivity contribution in [1.82, 2.24) is 19.8 Å². The van der Waals surface area contributed by atoms with Crippen molar-refractivity contribution in [3.05, 3.63) is 53.5 Å². The van der Waals surface area contributed by atoms with E-state index in [1.54, 1.807) is 51.0 Å². The number of anilines is 1. The van der Waals surface area contributed by atoms with E-state index in [2.05, 4.69) is 15.5 Å². The highest BCUT2D eigenvalue weighted by Crippen LogP contribution is 2.36. The van der Waals surface area contributed by atoms with E-state index in [1.165, 1.54) is 7.11 Å². The van der Waals surface area contributed by atoms with Crippen LogP contribution in [0.4, 0.5) is 5.69 Å². The van der Waals surface area contributed by atoms with Crippen molar-refractivity contribution in [2.75, 3.05) is 33.8 Å². The summed E-state index contributed by atoms with van der Waals surface area (Å²) in [5, 5.41) is 16.2. The summed E-state index contributed by atoms with van der Waals surface area (Å²) in [5.41, 5.74) is 4.21. The van der Waals surface area contributed by atoms with Gasteiger partial charge in [-0.2, -0.15) is 5.10 Å². The number of nitrogens with zero attached hydrogens (tertiary/aromatic N) is 4. The second-order valence-electron chi connectivity index (χ2n) is 7.63. The van der Waals surface area contributed by atoms with Gasteiger partial charge in [-0.1, -0.05) is 13.0 Å². The number of amides is 1. The third-order valence-corrected chi connectivity index (χ3v) is 5.72. The lowest BCUT2D eigenvalue weighted by molar-refractivity contribution is 0.101. The topological polar surface area (TPSA) is 109 Å². The van der Waals surface area contributed by atoms with Gasteiger partial charge >= 0.3 is 0 Å². The lowest BCUT2D eigenvalue weighted by atomic mass is 10.0. The van der Waals surface area contributed by atoms with Crippen LogP contribution in [0.15, 0.2) is 36.4 Å². The number of aryl methyl sites for hydroxylation is 2. The van der Waals surface area contributed by atoms with E-state index in [9.17, 15) is 4.79 Å². The third kappa shape index (κ3) is 4.30. The molecule has 0 unspecified atom stereocenters. The predicted molar refractivity (Wildman–Crippen MR) is 131 cm³/mol. The minimum Gasteiger partial charge on any atom is -0.497 e. The van der Waals surface area contributed by atoms with Crippen molar-refractivity contribution in [3.8, 4) is 34.1 Å². The van der Waals surface area contributed by atoms with Gasteiger partial charge in [-0.25, -0.2) is 4.52 Å². The zero-order valence-electron chi connectivity index (χ0n) is 20.5. The largest absolute Gasteiger partial charge is 0.497 e. The summed E-state index contributed by atoms with van der Waals surface area (Å²) in [6, 6.07) is 10.8. The number of benzene rings is 2. The fourth-order valence-corrected chi connectivity index (χ4v) is 3.89. The fourth-order valence-electron chi connectivity index (χ4n) is 3.89. The molecule has 10 nitrogen and oxygen atoms in total. The van der Waals surface area contributed by atoms with Crippen molar-refractivity contribution in [2.45, 2.75) is 20.3 Å². The van der Waals surface area contributed by atoms with E-state index in [1.807, 2.05) is 25.1 Å². The molecule has 10 heteroatoms. The van der Waals surface area contributed by atoms with Crippen LogP contribution in [0.25, 0.3) is 16.8 Å². The Hall–Kier alpha value is -4.34. The third-order valence-electron chi connectivity index (χ3n) is 5.72. The first-order valence-electron chi connectivity index (χ1n) is 11.0. The Morgan fingerprint density at radius 1 is 0.914 bits per heavy atom. The predicted octanol–water partition coefficient (Wildman–Crippen LogP) is 3.95. The Bertz CT molecular complexity index is 1400. The molecule has 1 N–H and O–H groups in total. The van der Waals surface area contributed by atoms with E-state index < -0.39 is 5.91 Å². The Morgan fingerprint density at radius 2 is 1.63 bits per heavy atom. The maximum atomic E-state index is 13.2. The van der Waals surface area contributed by atoms with Gasteiger partial charge in [-0.15, -0.1) is 10.2 Å². The SMILES string of the molecule is CCc1nn2c(C)c(C(=O)Nc3cc(OC)ccc3OC)nnc2c1-c1ccc(OC)c(OC)c1. The van der Waals surface area contributed by atoms with Gasteiger partial charge in [0, 0.05) is 6.07 Å². The van der Waals surface area contributed by atoms with E-state index >= 15 is 0 Å². The summed E-state index contributed by atoms with van der Waals surface area (Å²) in [6.45, 7) is 3.79.